The first-order valence-corrected chi connectivity index (χ1v) is 14.9. The number of methoxy groups -OCH3 is 1. The number of nitrogens with one attached hydrogen (secondary N) is 1. The molecule has 2 amide bonds. The Morgan fingerprint density at radius 2 is 1.57 bits per heavy atom. The molecule has 3 rings (SSSR count). The molecule has 10 heteroatoms. The summed E-state index contributed by atoms with van der Waals surface area (Å²) in [6, 6.07) is 20.9. The highest BCUT2D eigenvalue weighted by molar-refractivity contribution is 7.92. The van der Waals surface area contributed by atoms with Crippen molar-refractivity contribution in [2.75, 3.05) is 24.5 Å². The van der Waals surface area contributed by atoms with Gasteiger partial charge in [-0.15, -0.1) is 0 Å². The smallest absolute Gasteiger partial charge is 0.264 e. The third kappa shape index (κ3) is 7.99. The van der Waals surface area contributed by atoms with Gasteiger partial charge in [0.1, 0.15) is 18.3 Å². The molecule has 0 unspecified atom stereocenters. The van der Waals surface area contributed by atoms with E-state index in [4.69, 9.17) is 16.3 Å². The Labute approximate surface area is 241 Å². The van der Waals surface area contributed by atoms with Gasteiger partial charge in [0.25, 0.3) is 10.0 Å². The highest BCUT2D eigenvalue weighted by atomic mass is 35.5. The number of halogens is 1. The van der Waals surface area contributed by atoms with Gasteiger partial charge in [0.15, 0.2) is 0 Å². The number of amides is 2. The maximum atomic E-state index is 14.0. The van der Waals surface area contributed by atoms with Crippen LogP contribution in [0.5, 0.6) is 5.75 Å². The van der Waals surface area contributed by atoms with E-state index in [2.05, 4.69) is 5.32 Å². The molecule has 0 aliphatic heterocycles. The van der Waals surface area contributed by atoms with Crippen molar-refractivity contribution in [2.24, 2.45) is 0 Å². The predicted octanol–water partition coefficient (Wildman–Crippen LogP) is 4.92. The van der Waals surface area contributed by atoms with Crippen molar-refractivity contribution in [1.82, 2.24) is 10.2 Å². The van der Waals surface area contributed by atoms with Crippen molar-refractivity contribution in [3.05, 3.63) is 89.4 Å². The quantitative estimate of drug-likeness (QED) is 0.307. The van der Waals surface area contributed by atoms with Crippen molar-refractivity contribution < 1.29 is 22.7 Å². The van der Waals surface area contributed by atoms with Gasteiger partial charge < -0.3 is 15.0 Å². The topological polar surface area (TPSA) is 96.0 Å². The molecule has 214 valence electrons. The number of hydrogen-bond donors (Lipinski definition) is 1. The Balaban J connectivity index is 2.00. The number of carbonyl (C=O) groups is 2. The van der Waals surface area contributed by atoms with Gasteiger partial charge in [-0.1, -0.05) is 48.9 Å². The van der Waals surface area contributed by atoms with Crippen LogP contribution in [0.15, 0.2) is 83.8 Å². The molecule has 1 N–H and O–H groups in total. The second-order valence-corrected chi connectivity index (χ2v) is 11.9. The van der Waals surface area contributed by atoms with Crippen LogP contribution in [0.4, 0.5) is 5.69 Å². The van der Waals surface area contributed by atoms with Crippen molar-refractivity contribution in [3.8, 4) is 5.75 Å². The lowest BCUT2D eigenvalue weighted by Gasteiger charge is -2.33. The molecule has 0 saturated carbocycles. The van der Waals surface area contributed by atoms with Crippen LogP contribution < -0.4 is 14.4 Å². The van der Waals surface area contributed by atoms with Crippen molar-refractivity contribution in [1.29, 1.82) is 0 Å². The van der Waals surface area contributed by atoms with Gasteiger partial charge in [0, 0.05) is 17.6 Å². The monoisotopic (exact) mass is 585 g/mol. The Bertz CT molecular complexity index is 1360. The zero-order valence-electron chi connectivity index (χ0n) is 23.2. The van der Waals surface area contributed by atoms with Gasteiger partial charge in [-0.3, -0.25) is 13.9 Å². The van der Waals surface area contributed by atoms with E-state index >= 15 is 0 Å². The lowest BCUT2D eigenvalue weighted by Crippen LogP contribution is -2.54. The molecule has 0 radical (unpaired) electrons. The van der Waals surface area contributed by atoms with Gasteiger partial charge >= 0.3 is 0 Å². The number of sulfonamides is 1. The van der Waals surface area contributed by atoms with Crippen molar-refractivity contribution >= 4 is 39.1 Å². The molecular weight excluding hydrogens is 550 g/mol. The summed E-state index contributed by atoms with van der Waals surface area (Å²) >= 11 is 6.07. The van der Waals surface area contributed by atoms with Crippen LogP contribution >= 0.6 is 11.6 Å². The first-order valence-electron chi connectivity index (χ1n) is 13.1. The SMILES string of the molecule is CC[C@@H](C(=O)NC(C)C)N(CCc1ccccc1)C(=O)CN(c1ccc(Cl)cc1)S(=O)(=O)c1ccc(OC)cc1. The molecule has 0 fully saturated rings. The largest absolute Gasteiger partial charge is 0.497 e. The van der Waals surface area contributed by atoms with E-state index in [1.165, 1.54) is 24.1 Å². The van der Waals surface area contributed by atoms with Crippen LogP contribution in [-0.4, -0.2) is 57.4 Å². The van der Waals surface area contributed by atoms with Gasteiger partial charge in [-0.2, -0.15) is 0 Å². The van der Waals surface area contributed by atoms with E-state index in [0.717, 1.165) is 9.87 Å². The fraction of sp³-hybridized carbons (Fsp3) is 0.333. The Kier molecular flexibility index (Phi) is 11.0. The van der Waals surface area contributed by atoms with E-state index in [-0.39, 0.29) is 29.1 Å². The van der Waals surface area contributed by atoms with E-state index in [1.807, 2.05) is 51.1 Å². The molecule has 3 aromatic carbocycles. The summed E-state index contributed by atoms with van der Waals surface area (Å²) in [4.78, 5) is 28.6. The molecular formula is C30H36ClN3O5S. The zero-order valence-corrected chi connectivity index (χ0v) is 24.8. The summed E-state index contributed by atoms with van der Waals surface area (Å²) in [5.74, 6) is -0.272. The summed E-state index contributed by atoms with van der Waals surface area (Å²) in [6.07, 6.45) is 0.871. The van der Waals surface area contributed by atoms with E-state index in [9.17, 15) is 18.0 Å². The van der Waals surface area contributed by atoms with Gasteiger partial charge in [0.2, 0.25) is 11.8 Å². The Hall–Kier alpha value is -3.56. The van der Waals surface area contributed by atoms with Gasteiger partial charge in [-0.05, 0) is 80.8 Å². The number of carbonyl (C=O) groups excluding carboxylic acids is 2. The molecule has 8 nitrogen and oxygen atoms in total. The van der Waals surface area contributed by atoms with Crippen LogP contribution in [0.3, 0.4) is 0 Å². The summed E-state index contributed by atoms with van der Waals surface area (Å²) < 4.78 is 34.0. The average molecular weight is 586 g/mol. The van der Waals surface area contributed by atoms with Crippen LogP contribution in [0.1, 0.15) is 32.8 Å². The Morgan fingerprint density at radius 3 is 2.12 bits per heavy atom. The molecule has 0 aromatic heterocycles. The number of ether oxygens (including phenoxy) is 1. The minimum Gasteiger partial charge on any atom is -0.497 e. The first-order chi connectivity index (χ1) is 19.1. The Morgan fingerprint density at radius 1 is 0.950 bits per heavy atom. The van der Waals surface area contributed by atoms with E-state index in [0.29, 0.717) is 23.6 Å². The first kappa shape index (κ1) is 31.0. The fourth-order valence-electron chi connectivity index (χ4n) is 4.29. The van der Waals surface area contributed by atoms with Crippen LogP contribution in [-0.2, 0) is 26.0 Å². The lowest BCUT2D eigenvalue weighted by molar-refractivity contribution is -0.139. The molecule has 0 aliphatic carbocycles. The minimum atomic E-state index is -4.17. The van der Waals surface area contributed by atoms with Crippen LogP contribution in [0.25, 0.3) is 0 Å². The molecule has 0 saturated heterocycles. The molecule has 0 spiro atoms. The maximum absolute atomic E-state index is 14.0. The number of nitrogens with zero attached hydrogens (tertiary/aromatic N) is 2. The average Bonchev–Trinajstić information content (AvgIpc) is 2.94. The highest BCUT2D eigenvalue weighted by Crippen LogP contribution is 2.27. The molecule has 3 aromatic rings. The number of anilines is 1. The third-order valence-corrected chi connectivity index (χ3v) is 8.38. The highest BCUT2D eigenvalue weighted by Gasteiger charge is 2.33. The normalized spacial score (nSPS) is 12.1. The van der Waals surface area contributed by atoms with Crippen molar-refractivity contribution in [3.63, 3.8) is 0 Å². The zero-order chi connectivity index (χ0) is 29.3. The molecule has 0 bridgehead atoms. The molecule has 0 heterocycles. The minimum absolute atomic E-state index is 0.00326. The second kappa shape index (κ2) is 14.2. The standard InChI is InChI=1S/C30H36ClN3O5S/c1-5-28(30(36)32-22(2)3)33(20-19-23-9-7-6-8-10-23)29(35)21-34(25-13-11-24(31)12-14-25)40(37,38)27-17-15-26(39-4)16-18-27/h6-18,22,28H,5,19-21H2,1-4H3,(H,32,36)/t28-/m0/s1. The second-order valence-electron chi connectivity index (χ2n) is 9.57. The molecule has 0 aliphatic rings. The fourth-order valence-corrected chi connectivity index (χ4v) is 5.83. The summed E-state index contributed by atoms with van der Waals surface area (Å²) in [7, 11) is -2.68. The van der Waals surface area contributed by atoms with Crippen molar-refractivity contribution in [2.45, 2.75) is 50.6 Å². The van der Waals surface area contributed by atoms with Crippen LogP contribution in [0.2, 0.25) is 5.02 Å². The summed E-state index contributed by atoms with van der Waals surface area (Å²) in [6.45, 7) is 5.27. The molecule has 40 heavy (non-hydrogen) atoms. The van der Waals surface area contributed by atoms with Gasteiger partial charge in [-0.25, -0.2) is 8.42 Å². The maximum Gasteiger partial charge on any atom is 0.264 e. The number of benzene rings is 3. The number of rotatable bonds is 13. The summed E-state index contributed by atoms with van der Waals surface area (Å²) in [5.41, 5.74) is 1.27. The predicted molar refractivity (Wildman–Crippen MR) is 158 cm³/mol. The lowest BCUT2D eigenvalue weighted by atomic mass is 10.1. The molecule has 1 atom stereocenters. The van der Waals surface area contributed by atoms with E-state index in [1.54, 1.807) is 36.4 Å². The third-order valence-electron chi connectivity index (χ3n) is 6.34. The van der Waals surface area contributed by atoms with Gasteiger partial charge in [0.05, 0.1) is 17.7 Å². The van der Waals surface area contributed by atoms with E-state index < -0.39 is 28.5 Å². The number of hydrogen-bond acceptors (Lipinski definition) is 5. The van der Waals surface area contributed by atoms with Crippen LogP contribution in [0, 0.1) is 0 Å². The summed E-state index contributed by atoms with van der Waals surface area (Å²) in [5, 5.41) is 3.32.